The first kappa shape index (κ1) is 30.9. The minimum absolute atomic E-state index is 0.123. The van der Waals surface area contributed by atoms with E-state index in [0.717, 1.165) is 5.56 Å². The van der Waals surface area contributed by atoms with Crippen LogP contribution in [-0.4, -0.2) is 115 Å². The molecule has 0 unspecified atom stereocenters. The SMILES string of the molecule is COc1cc([C@H]2c3c(cc(OC)c(O)c3OC)C[C@H](CO)[C@H]2CO[C@H]2O[C@H](CO)[C@@H](O)[C@H](O)[C@H]2O)cc(OC)c1O. The average Bonchev–Trinajstić information content (AvgIpc) is 2.98. The minimum Gasteiger partial charge on any atom is -0.502 e. The van der Waals surface area contributed by atoms with Gasteiger partial charge < -0.3 is 64.2 Å². The van der Waals surface area contributed by atoms with Gasteiger partial charge in [-0.1, -0.05) is 0 Å². The molecule has 0 bridgehead atoms. The zero-order chi connectivity index (χ0) is 30.0. The third kappa shape index (κ3) is 5.58. The van der Waals surface area contributed by atoms with E-state index in [1.807, 2.05) is 0 Å². The molecule has 4 rings (SSSR count). The molecule has 1 saturated heterocycles. The van der Waals surface area contributed by atoms with Gasteiger partial charge in [-0.3, -0.25) is 0 Å². The summed E-state index contributed by atoms with van der Waals surface area (Å²) in [5.74, 6) is -1.51. The second-order valence-electron chi connectivity index (χ2n) is 10.1. The number of phenols is 2. The van der Waals surface area contributed by atoms with Gasteiger partial charge in [-0.25, -0.2) is 0 Å². The lowest BCUT2D eigenvalue weighted by molar-refractivity contribution is -0.304. The molecule has 1 heterocycles. The highest BCUT2D eigenvalue weighted by molar-refractivity contribution is 5.64. The summed E-state index contributed by atoms with van der Waals surface area (Å²) in [5, 5.41) is 72.6. The third-order valence-electron chi connectivity index (χ3n) is 7.99. The number of benzene rings is 2. The van der Waals surface area contributed by atoms with Gasteiger partial charge in [0.2, 0.25) is 11.5 Å². The molecule has 41 heavy (non-hydrogen) atoms. The van der Waals surface area contributed by atoms with Crippen molar-refractivity contribution < 1.29 is 64.2 Å². The first-order valence-electron chi connectivity index (χ1n) is 13.1. The first-order valence-corrected chi connectivity index (χ1v) is 13.1. The lowest BCUT2D eigenvalue weighted by atomic mass is 9.66. The summed E-state index contributed by atoms with van der Waals surface area (Å²) in [6.45, 7) is -1.02. The molecule has 8 atom stereocenters. The van der Waals surface area contributed by atoms with Crippen molar-refractivity contribution in [1.29, 1.82) is 0 Å². The van der Waals surface area contributed by atoms with Crippen molar-refractivity contribution >= 4 is 0 Å². The molecule has 2 aliphatic rings. The maximum absolute atomic E-state index is 11.0. The molecule has 2 aromatic rings. The van der Waals surface area contributed by atoms with Crippen molar-refractivity contribution in [2.24, 2.45) is 11.8 Å². The standard InChI is InChI=1S/C28H38O13/c1-36-16-7-13(8-17(37-2)22(16)31)20-15(11-40-28-26(35)25(34)23(32)19(10-30)41-28)14(9-29)5-12-6-18(38-3)24(33)27(39-4)21(12)20/h6-8,14-15,19-20,23,25-26,28-35H,5,9-11H2,1-4H3/t14-,15-,19-,20-,23-,25+,26-,28+/m1/s1. The highest BCUT2D eigenvalue weighted by Gasteiger charge is 2.46. The monoisotopic (exact) mass is 582 g/mol. The van der Waals surface area contributed by atoms with Crippen LogP contribution in [-0.2, 0) is 15.9 Å². The van der Waals surface area contributed by atoms with Crippen LogP contribution in [0.4, 0.5) is 0 Å². The van der Waals surface area contributed by atoms with Gasteiger partial charge in [-0.05, 0) is 47.6 Å². The number of hydrogen-bond donors (Lipinski definition) is 7. The number of phenolic OH excluding ortho intramolecular Hbond substituents is 2. The normalized spacial score (nSPS) is 29.5. The van der Waals surface area contributed by atoms with Gasteiger partial charge >= 0.3 is 0 Å². The Kier molecular flexibility index (Phi) is 9.70. The Bertz CT molecular complexity index is 1180. The van der Waals surface area contributed by atoms with Crippen molar-refractivity contribution in [2.45, 2.75) is 43.0 Å². The molecule has 0 saturated carbocycles. The molecule has 13 heteroatoms. The zero-order valence-electron chi connectivity index (χ0n) is 23.3. The highest BCUT2D eigenvalue weighted by Crippen LogP contribution is 2.54. The van der Waals surface area contributed by atoms with Crippen LogP contribution in [0.15, 0.2) is 18.2 Å². The highest BCUT2D eigenvalue weighted by atomic mass is 16.7. The Morgan fingerprint density at radius 2 is 1.39 bits per heavy atom. The lowest BCUT2D eigenvalue weighted by Crippen LogP contribution is -2.59. The molecule has 1 fully saturated rings. The summed E-state index contributed by atoms with van der Waals surface area (Å²) in [5.41, 5.74) is 1.88. The van der Waals surface area contributed by atoms with E-state index in [9.17, 15) is 35.7 Å². The van der Waals surface area contributed by atoms with Crippen molar-refractivity contribution in [3.05, 3.63) is 34.9 Å². The van der Waals surface area contributed by atoms with Gasteiger partial charge in [0.05, 0.1) is 41.7 Å². The predicted octanol–water partition coefficient (Wildman–Crippen LogP) is -0.139. The van der Waals surface area contributed by atoms with Crippen LogP contribution in [0.5, 0.6) is 34.5 Å². The Hall–Kier alpha value is -3.04. The van der Waals surface area contributed by atoms with Gasteiger partial charge in [0.25, 0.3) is 0 Å². The molecule has 7 N–H and O–H groups in total. The molecule has 0 amide bonds. The van der Waals surface area contributed by atoms with E-state index >= 15 is 0 Å². The Balaban J connectivity index is 1.85. The third-order valence-corrected chi connectivity index (χ3v) is 7.99. The molecule has 1 aliphatic heterocycles. The number of aliphatic hydroxyl groups excluding tert-OH is 5. The van der Waals surface area contributed by atoms with Crippen LogP contribution >= 0.6 is 0 Å². The summed E-state index contributed by atoms with van der Waals surface area (Å²) >= 11 is 0. The van der Waals surface area contributed by atoms with Crippen molar-refractivity contribution in [1.82, 2.24) is 0 Å². The van der Waals surface area contributed by atoms with Crippen LogP contribution in [0.3, 0.4) is 0 Å². The lowest BCUT2D eigenvalue weighted by Gasteiger charge is -2.43. The quantitative estimate of drug-likeness (QED) is 0.196. The van der Waals surface area contributed by atoms with Gasteiger partial charge in [0.1, 0.15) is 24.4 Å². The van der Waals surface area contributed by atoms with Crippen molar-refractivity contribution in [3.8, 4) is 34.5 Å². The second-order valence-corrected chi connectivity index (χ2v) is 10.1. The van der Waals surface area contributed by atoms with E-state index in [0.29, 0.717) is 17.5 Å². The number of fused-ring (bicyclic) bond motifs is 1. The van der Waals surface area contributed by atoms with E-state index in [1.54, 1.807) is 18.2 Å². The maximum atomic E-state index is 11.0. The van der Waals surface area contributed by atoms with Crippen LogP contribution in [0.25, 0.3) is 0 Å². The number of ether oxygens (including phenoxy) is 6. The molecule has 0 radical (unpaired) electrons. The Labute approximate surface area is 237 Å². The van der Waals surface area contributed by atoms with E-state index in [1.165, 1.54) is 28.4 Å². The smallest absolute Gasteiger partial charge is 0.201 e. The fraction of sp³-hybridized carbons (Fsp3) is 0.571. The number of rotatable bonds is 10. The molecular weight excluding hydrogens is 544 g/mol. The van der Waals surface area contributed by atoms with Crippen LogP contribution in [0.1, 0.15) is 22.6 Å². The van der Waals surface area contributed by atoms with E-state index in [4.69, 9.17) is 28.4 Å². The van der Waals surface area contributed by atoms with E-state index < -0.39 is 55.1 Å². The van der Waals surface area contributed by atoms with Gasteiger partial charge in [-0.15, -0.1) is 0 Å². The largest absolute Gasteiger partial charge is 0.502 e. The zero-order valence-corrected chi connectivity index (χ0v) is 23.3. The van der Waals surface area contributed by atoms with Crippen LogP contribution in [0.2, 0.25) is 0 Å². The Morgan fingerprint density at radius 3 is 1.93 bits per heavy atom. The topological polar surface area (TPSA) is 197 Å². The van der Waals surface area contributed by atoms with E-state index in [2.05, 4.69) is 0 Å². The molecule has 13 nitrogen and oxygen atoms in total. The fourth-order valence-electron chi connectivity index (χ4n) is 5.83. The number of aromatic hydroxyl groups is 2. The molecule has 2 aromatic carbocycles. The average molecular weight is 583 g/mol. The summed E-state index contributed by atoms with van der Waals surface area (Å²) in [6, 6.07) is 4.88. The van der Waals surface area contributed by atoms with Crippen LogP contribution in [0, 0.1) is 11.8 Å². The number of hydrogen-bond acceptors (Lipinski definition) is 13. The maximum Gasteiger partial charge on any atom is 0.201 e. The Morgan fingerprint density at radius 1 is 0.780 bits per heavy atom. The molecule has 228 valence electrons. The van der Waals surface area contributed by atoms with Gasteiger partial charge in [0.15, 0.2) is 29.3 Å². The summed E-state index contributed by atoms with van der Waals surface area (Å²) in [6.07, 6.45) is -7.02. The predicted molar refractivity (Wildman–Crippen MR) is 142 cm³/mol. The second kappa shape index (κ2) is 12.9. The summed E-state index contributed by atoms with van der Waals surface area (Å²) in [7, 11) is 5.60. The summed E-state index contributed by atoms with van der Waals surface area (Å²) < 4.78 is 33.3. The van der Waals surface area contributed by atoms with Gasteiger partial charge in [-0.2, -0.15) is 0 Å². The minimum atomic E-state index is -1.63. The molecule has 1 aliphatic carbocycles. The van der Waals surface area contributed by atoms with Crippen LogP contribution < -0.4 is 18.9 Å². The van der Waals surface area contributed by atoms with Gasteiger partial charge in [0, 0.05) is 18.1 Å². The van der Waals surface area contributed by atoms with E-state index in [-0.39, 0.29) is 47.7 Å². The number of methoxy groups -OCH3 is 4. The molecule has 0 spiro atoms. The fourth-order valence-corrected chi connectivity index (χ4v) is 5.83. The molecular formula is C28H38O13. The number of aliphatic hydroxyl groups is 5. The summed E-state index contributed by atoms with van der Waals surface area (Å²) in [4.78, 5) is 0. The first-order chi connectivity index (χ1) is 19.6. The molecule has 0 aromatic heterocycles. The van der Waals surface area contributed by atoms with Crippen molar-refractivity contribution in [2.75, 3.05) is 48.3 Å². The van der Waals surface area contributed by atoms with Crippen molar-refractivity contribution in [3.63, 3.8) is 0 Å².